The van der Waals surface area contributed by atoms with Crippen LogP contribution in [0.25, 0.3) is 0 Å². The summed E-state index contributed by atoms with van der Waals surface area (Å²) in [6, 6.07) is 9.82. The molecule has 17 heavy (non-hydrogen) atoms. The van der Waals surface area contributed by atoms with Crippen LogP contribution in [0.4, 0.5) is 4.39 Å². The van der Waals surface area contributed by atoms with E-state index in [1.54, 1.807) is 30.3 Å². The highest BCUT2D eigenvalue weighted by atomic mass is 19.1. The molecule has 0 saturated carbocycles. The van der Waals surface area contributed by atoms with Crippen LogP contribution in [0, 0.1) is 5.82 Å². The lowest BCUT2D eigenvalue weighted by Gasteiger charge is -2.06. The molecule has 0 atom stereocenters. The molecule has 0 unspecified atom stereocenters. The highest BCUT2D eigenvalue weighted by molar-refractivity contribution is 5.21. The van der Waals surface area contributed by atoms with E-state index in [0.29, 0.717) is 17.0 Å². The average Bonchev–Trinajstić information content (AvgIpc) is 2.38. The third-order valence-electron chi connectivity index (χ3n) is 2.31. The van der Waals surface area contributed by atoms with Gasteiger partial charge in [0.1, 0.15) is 18.2 Å². The molecule has 1 heterocycles. The Labute approximate surface area is 98.5 Å². The molecular formula is C13H12FNO2. The normalized spacial score (nSPS) is 10.2. The summed E-state index contributed by atoms with van der Waals surface area (Å²) in [7, 11) is 0. The van der Waals surface area contributed by atoms with Gasteiger partial charge in [0.15, 0.2) is 0 Å². The minimum Gasteiger partial charge on any atom is -0.487 e. The first-order valence-corrected chi connectivity index (χ1v) is 5.21. The zero-order chi connectivity index (χ0) is 12.1. The van der Waals surface area contributed by atoms with Gasteiger partial charge in [0.25, 0.3) is 0 Å². The molecule has 0 aliphatic heterocycles. The Bertz CT molecular complexity index is 485. The number of aromatic nitrogens is 1. The van der Waals surface area contributed by atoms with Crippen LogP contribution in [0.15, 0.2) is 42.6 Å². The van der Waals surface area contributed by atoms with Crippen LogP contribution in [-0.4, -0.2) is 10.1 Å². The second kappa shape index (κ2) is 5.41. The quantitative estimate of drug-likeness (QED) is 0.881. The van der Waals surface area contributed by atoms with Gasteiger partial charge in [-0.2, -0.15) is 0 Å². The molecule has 0 saturated heterocycles. The van der Waals surface area contributed by atoms with Gasteiger partial charge in [0.05, 0.1) is 18.5 Å². The van der Waals surface area contributed by atoms with E-state index in [0.717, 1.165) is 0 Å². The standard InChI is InChI=1S/C13H12FNO2/c14-13-4-2-1-3-10(13)9-17-12-6-5-11(8-16)15-7-12/h1-7,16H,8-9H2. The summed E-state index contributed by atoms with van der Waals surface area (Å²) in [5.74, 6) is 0.262. The molecule has 0 aliphatic rings. The van der Waals surface area contributed by atoms with Gasteiger partial charge in [-0.25, -0.2) is 4.39 Å². The maximum absolute atomic E-state index is 13.3. The van der Waals surface area contributed by atoms with Crippen LogP contribution in [0.2, 0.25) is 0 Å². The van der Waals surface area contributed by atoms with Crippen molar-refractivity contribution in [3.63, 3.8) is 0 Å². The van der Waals surface area contributed by atoms with E-state index in [-0.39, 0.29) is 19.0 Å². The third-order valence-corrected chi connectivity index (χ3v) is 2.31. The molecule has 0 fully saturated rings. The number of pyridine rings is 1. The SMILES string of the molecule is OCc1ccc(OCc2ccccc2F)cn1. The van der Waals surface area contributed by atoms with Gasteiger partial charge in [-0.05, 0) is 18.2 Å². The maximum atomic E-state index is 13.3. The molecule has 0 bridgehead atoms. The largest absolute Gasteiger partial charge is 0.487 e. The number of benzene rings is 1. The second-order valence-corrected chi connectivity index (χ2v) is 3.52. The van der Waals surface area contributed by atoms with E-state index in [2.05, 4.69) is 4.98 Å². The molecule has 2 rings (SSSR count). The molecule has 3 nitrogen and oxygen atoms in total. The minimum atomic E-state index is -0.285. The first-order chi connectivity index (χ1) is 8.29. The van der Waals surface area contributed by atoms with Crippen LogP contribution in [0.5, 0.6) is 5.75 Å². The lowest BCUT2D eigenvalue weighted by Crippen LogP contribution is -1.99. The van der Waals surface area contributed by atoms with E-state index in [4.69, 9.17) is 9.84 Å². The van der Waals surface area contributed by atoms with Crippen molar-refractivity contribution in [2.75, 3.05) is 0 Å². The van der Waals surface area contributed by atoms with Crippen LogP contribution < -0.4 is 4.74 Å². The van der Waals surface area contributed by atoms with Crippen molar-refractivity contribution in [3.8, 4) is 5.75 Å². The van der Waals surface area contributed by atoms with Crippen molar-refractivity contribution < 1.29 is 14.2 Å². The highest BCUT2D eigenvalue weighted by Crippen LogP contribution is 2.13. The Morgan fingerprint density at radius 2 is 2.00 bits per heavy atom. The van der Waals surface area contributed by atoms with Crippen LogP contribution in [0.1, 0.15) is 11.3 Å². The first kappa shape index (κ1) is 11.5. The summed E-state index contributed by atoms with van der Waals surface area (Å²) in [5, 5.41) is 8.82. The van der Waals surface area contributed by atoms with Crippen molar-refractivity contribution in [3.05, 3.63) is 59.7 Å². The van der Waals surface area contributed by atoms with Gasteiger partial charge in [0.2, 0.25) is 0 Å². The van der Waals surface area contributed by atoms with Crippen molar-refractivity contribution in [2.24, 2.45) is 0 Å². The maximum Gasteiger partial charge on any atom is 0.138 e. The lowest BCUT2D eigenvalue weighted by atomic mass is 10.2. The van der Waals surface area contributed by atoms with Gasteiger partial charge in [-0.3, -0.25) is 4.98 Å². The summed E-state index contributed by atoms with van der Waals surface area (Å²) >= 11 is 0. The second-order valence-electron chi connectivity index (χ2n) is 3.52. The molecule has 0 spiro atoms. The number of aliphatic hydroxyl groups is 1. The number of ether oxygens (including phenoxy) is 1. The topological polar surface area (TPSA) is 42.4 Å². The van der Waals surface area contributed by atoms with Crippen molar-refractivity contribution in [1.82, 2.24) is 4.98 Å². The molecular weight excluding hydrogens is 221 g/mol. The van der Waals surface area contributed by atoms with Crippen LogP contribution >= 0.6 is 0 Å². The first-order valence-electron chi connectivity index (χ1n) is 5.21. The van der Waals surface area contributed by atoms with Crippen molar-refractivity contribution >= 4 is 0 Å². The molecule has 0 amide bonds. The van der Waals surface area contributed by atoms with E-state index >= 15 is 0 Å². The molecule has 1 aromatic carbocycles. The predicted octanol–water partition coefficient (Wildman–Crippen LogP) is 2.29. The number of aliphatic hydroxyl groups excluding tert-OH is 1. The molecule has 2 aromatic rings. The molecule has 88 valence electrons. The fourth-order valence-corrected chi connectivity index (χ4v) is 1.37. The number of halogens is 1. The van der Waals surface area contributed by atoms with Gasteiger partial charge < -0.3 is 9.84 Å². The van der Waals surface area contributed by atoms with Gasteiger partial charge in [-0.1, -0.05) is 18.2 Å². The van der Waals surface area contributed by atoms with Crippen LogP contribution in [-0.2, 0) is 13.2 Å². The summed E-state index contributed by atoms with van der Waals surface area (Å²) in [6.45, 7) is 0.0560. The monoisotopic (exact) mass is 233 g/mol. The van der Waals surface area contributed by atoms with E-state index in [1.165, 1.54) is 12.3 Å². The van der Waals surface area contributed by atoms with E-state index in [9.17, 15) is 4.39 Å². The van der Waals surface area contributed by atoms with E-state index in [1.807, 2.05) is 0 Å². The number of nitrogens with zero attached hydrogens (tertiary/aromatic N) is 1. The molecule has 1 aromatic heterocycles. The van der Waals surface area contributed by atoms with Crippen molar-refractivity contribution in [1.29, 1.82) is 0 Å². The smallest absolute Gasteiger partial charge is 0.138 e. The van der Waals surface area contributed by atoms with Gasteiger partial charge in [-0.15, -0.1) is 0 Å². The number of rotatable bonds is 4. The number of hydrogen-bond donors (Lipinski definition) is 1. The Kier molecular flexibility index (Phi) is 3.67. The molecule has 0 radical (unpaired) electrons. The third kappa shape index (κ3) is 3.01. The highest BCUT2D eigenvalue weighted by Gasteiger charge is 2.02. The Morgan fingerprint density at radius 1 is 1.18 bits per heavy atom. The summed E-state index contributed by atoms with van der Waals surface area (Å²) in [6.07, 6.45) is 1.51. The van der Waals surface area contributed by atoms with Gasteiger partial charge in [0, 0.05) is 5.56 Å². The fourth-order valence-electron chi connectivity index (χ4n) is 1.37. The summed E-state index contributed by atoms with van der Waals surface area (Å²) in [5.41, 5.74) is 1.07. The average molecular weight is 233 g/mol. The van der Waals surface area contributed by atoms with E-state index < -0.39 is 0 Å². The Morgan fingerprint density at radius 3 is 2.65 bits per heavy atom. The van der Waals surface area contributed by atoms with Crippen molar-refractivity contribution in [2.45, 2.75) is 13.2 Å². The minimum absolute atomic E-state index is 0.104. The zero-order valence-electron chi connectivity index (χ0n) is 9.14. The molecule has 4 heteroatoms. The number of hydrogen-bond acceptors (Lipinski definition) is 3. The lowest BCUT2D eigenvalue weighted by molar-refractivity contribution is 0.274. The van der Waals surface area contributed by atoms with Crippen LogP contribution in [0.3, 0.4) is 0 Å². The zero-order valence-corrected chi connectivity index (χ0v) is 9.14. The molecule has 1 N–H and O–H groups in total. The summed E-state index contributed by atoms with van der Waals surface area (Å²) < 4.78 is 18.7. The summed E-state index contributed by atoms with van der Waals surface area (Å²) in [4.78, 5) is 3.96. The van der Waals surface area contributed by atoms with Gasteiger partial charge >= 0.3 is 0 Å². The molecule has 0 aliphatic carbocycles. The Hall–Kier alpha value is -1.94. The fraction of sp³-hybridized carbons (Fsp3) is 0.154. The predicted molar refractivity (Wildman–Crippen MR) is 60.9 cm³/mol. The Balaban J connectivity index is 2.00.